The van der Waals surface area contributed by atoms with E-state index in [0.29, 0.717) is 36.9 Å². The van der Waals surface area contributed by atoms with Crippen molar-refractivity contribution in [1.82, 2.24) is 29.7 Å². The summed E-state index contributed by atoms with van der Waals surface area (Å²) in [6.07, 6.45) is 3.78. The van der Waals surface area contributed by atoms with Crippen molar-refractivity contribution in [3.63, 3.8) is 0 Å². The van der Waals surface area contributed by atoms with Crippen LogP contribution in [0.4, 0.5) is 0 Å². The molecule has 33 heavy (non-hydrogen) atoms. The van der Waals surface area contributed by atoms with E-state index in [-0.39, 0.29) is 5.91 Å². The fourth-order valence-electron chi connectivity index (χ4n) is 4.05. The number of rotatable bonds is 5. The van der Waals surface area contributed by atoms with Gasteiger partial charge in [-0.05, 0) is 49.2 Å². The molecule has 8 heteroatoms. The zero-order valence-electron chi connectivity index (χ0n) is 18.8. The molecule has 1 fully saturated rings. The molecule has 0 atom stereocenters. The first-order valence-electron chi connectivity index (χ1n) is 11.1. The molecule has 3 heterocycles. The van der Waals surface area contributed by atoms with Gasteiger partial charge in [0.15, 0.2) is 0 Å². The molecule has 5 rings (SSSR count). The molecule has 0 N–H and O–H groups in total. The molecule has 2 aromatic heterocycles. The Morgan fingerprint density at radius 1 is 1.00 bits per heavy atom. The maximum absolute atomic E-state index is 13.0. The molecule has 1 aliphatic heterocycles. The van der Waals surface area contributed by atoms with Gasteiger partial charge in [-0.25, -0.2) is 4.68 Å². The van der Waals surface area contributed by atoms with Crippen LogP contribution in [0.15, 0.2) is 65.4 Å². The lowest BCUT2D eigenvalue weighted by atomic mass is 10.1. The highest BCUT2D eigenvalue weighted by Gasteiger charge is 2.23. The summed E-state index contributed by atoms with van der Waals surface area (Å²) in [6.45, 7) is 7.47. The van der Waals surface area contributed by atoms with Crippen molar-refractivity contribution in [2.45, 2.75) is 20.4 Å². The van der Waals surface area contributed by atoms with E-state index in [1.54, 1.807) is 0 Å². The molecule has 2 aromatic carbocycles. The fraction of sp³-hybridized carbons (Fsp3) is 0.280. The van der Waals surface area contributed by atoms with Crippen molar-refractivity contribution in [3.05, 3.63) is 83.5 Å². The van der Waals surface area contributed by atoms with Crippen LogP contribution < -0.4 is 0 Å². The number of hydrogen-bond donors (Lipinski definition) is 0. The van der Waals surface area contributed by atoms with E-state index >= 15 is 0 Å². The van der Waals surface area contributed by atoms with Crippen molar-refractivity contribution in [1.29, 1.82) is 0 Å². The number of benzene rings is 2. The average Bonchev–Trinajstić information content (AvgIpc) is 3.49. The Balaban J connectivity index is 1.17. The third-order valence-electron chi connectivity index (χ3n) is 5.96. The normalized spacial score (nSPS) is 14.5. The average molecular weight is 443 g/mol. The van der Waals surface area contributed by atoms with Crippen molar-refractivity contribution in [2.24, 2.45) is 0 Å². The van der Waals surface area contributed by atoms with E-state index in [9.17, 15) is 4.79 Å². The third kappa shape index (κ3) is 4.56. The van der Waals surface area contributed by atoms with Gasteiger partial charge in [0.2, 0.25) is 11.7 Å². The summed E-state index contributed by atoms with van der Waals surface area (Å²) in [5, 5.41) is 8.46. The molecule has 0 spiro atoms. The first-order chi connectivity index (χ1) is 16.1. The Bertz CT molecular complexity index is 1250. The quantitative estimate of drug-likeness (QED) is 0.471. The first kappa shape index (κ1) is 21.1. The van der Waals surface area contributed by atoms with Crippen LogP contribution in [0.25, 0.3) is 17.1 Å². The van der Waals surface area contributed by atoms with Crippen LogP contribution in [-0.4, -0.2) is 61.8 Å². The Labute approximate surface area is 192 Å². The summed E-state index contributed by atoms with van der Waals surface area (Å²) in [6, 6.07) is 15.6. The van der Waals surface area contributed by atoms with E-state index in [1.165, 1.54) is 0 Å². The molecule has 0 aliphatic carbocycles. The van der Waals surface area contributed by atoms with Crippen molar-refractivity contribution in [3.8, 4) is 17.1 Å². The standard InChI is InChI=1S/C25H26N6O2/c1-18-15-26-31(16-18)21-9-7-20(8-10-21)25(32)30-13-11-29(12-14-30)17-23-27-24(28-33-23)22-6-4-3-5-19(22)2/h3-10,15-16H,11-14,17H2,1-2H3. The van der Waals surface area contributed by atoms with E-state index in [4.69, 9.17) is 4.52 Å². The molecule has 0 saturated carbocycles. The molecule has 168 valence electrons. The number of amides is 1. The minimum atomic E-state index is 0.0532. The van der Waals surface area contributed by atoms with Crippen LogP contribution in [0.3, 0.4) is 0 Å². The molecular formula is C25H26N6O2. The number of carbonyl (C=O) groups excluding carboxylic acids is 1. The molecule has 0 unspecified atom stereocenters. The van der Waals surface area contributed by atoms with Gasteiger partial charge in [-0.3, -0.25) is 9.69 Å². The van der Waals surface area contributed by atoms with Crippen molar-refractivity contribution < 1.29 is 9.32 Å². The van der Waals surface area contributed by atoms with Gasteiger partial charge >= 0.3 is 0 Å². The number of hydrogen-bond acceptors (Lipinski definition) is 6. The summed E-state index contributed by atoms with van der Waals surface area (Å²) < 4.78 is 7.29. The van der Waals surface area contributed by atoms with Crippen LogP contribution in [0.5, 0.6) is 0 Å². The monoisotopic (exact) mass is 442 g/mol. The van der Waals surface area contributed by atoms with Gasteiger partial charge in [0.1, 0.15) is 0 Å². The summed E-state index contributed by atoms with van der Waals surface area (Å²) >= 11 is 0. The predicted molar refractivity (Wildman–Crippen MR) is 124 cm³/mol. The maximum Gasteiger partial charge on any atom is 0.253 e. The van der Waals surface area contributed by atoms with Gasteiger partial charge in [-0.2, -0.15) is 10.1 Å². The van der Waals surface area contributed by atoms with E-state index in [1.807, 2.05) is 84.4 Å². The fourth-order valence-corrected chi connectivity index (χ4v) is 4.05. The van der Waals surface area contributed by atoms with Crippen LogP contribution in [0.1, 0.15) is 27.4 Å². The minimum Gasteiger partial charge on any atom is -0.338 e. The lowest BCUT2D eigenvalue weighted by Crippen LogP contribution is -2.48. The van der Waals surface area contributed by atoms with Gasteiger partial charge < -0.3 is 9.42 Å². The van der Waals surface area contributed by atoms with Crippen molar-refractivity contribution in [2.75, 3.05) is 26.2 Å². The SMILES string of the molecule is Cc1cnn(-c2ccc(C(=O)N3CCN(Cc4nc(-c5ccccc5C)no4)CC3)cc2)c1. The Kier molecular flexibility index (Phi) is 5.75. The number of nitrogens with zero attached hydrogens (tertiary/aromatic N) is 6. The van der Waals surface area contributed by atoms with Crippen molar-refractivity contribution >= 4 is 5.91 Å². The Morgan fingerprint density at radius 3 is 2.45 bits per heavy atom. The van der Waals surface area contributed by atoms with E-state index in [0.717, 1.165) is 35.5 Å². The molecule has 0 radical (unpaired) electrons. The zero-order valence-corrected chi connectivity index (χ0v) is 18.8. The molecule has 1 saturated heterocycles. The molecule has 8 nitrogen and oxygen atoms in total. The topological polar surface area (TPSA) is 80.3 Å². The minimum absolute atomic E-state index is 0.0532. The Hall–Kier alpha value is -3.78. The number of carbonyl (C=O) groups is 1. The van der Waals surface area contributed by atoms with Gasteiger partial charge in [0, 0.05) is 43.5 Å². The maximum atomic E-state index is 13.0. The second kappa shape index (κ2) is 8.99. The first-order valence-corrected chi connectivity index (χ1v) is 11.1. The summed E-state index contributed by atoms with van der Waals surface area (Å²) in [5.74, 6) is 1.26. The number of piperazine rings is 1. The highest BCUT2D eigenvalue weighted by atomic mass is 16.5. The van der Waals surface area contributed by atoms with E-state index in [2.05, 4.69) is 20.1 Å². The summed E-state index contributed by atoms with van der Waals surface area (Å²) in [5.41, 5.74) is 4.83. The molecule has 1 amide bonds. The smallest absolute Gasteiger partial charge is 0.253 e. The van der Waals surface area contributed by atoms with Crippen LogP contribution in [-0.2, 0) is 6.54 Å². The van der Waals surface area contributed by atoms with Crippen LogP contribution >= 0.6 is 0 Å². The van der Waals surface area contributed by atoms with Gasteiger partial charge in [-0.1, -0.05) is 29.4 Å². The highest BCUT2D eigenvalue weighted by Crippen LogP contribution is 2.20. The molecule has 4 aromatic rings. The van der Waals surface area contributed by atoms with Gasteiger partial charge in [0.25, 0.3) is 5.91 Å². The molecule has 0 bridgehead atoms. The predicted octanol–water partition coefficient (Wildman–Crippen LogP) is 3.50. The second-order valence-corrected chi connectivity index (χ2v) is 8.40. The molecular weight excluding hydrogens is 416 g/mol. The van der Waals surface area contributed by atoms with Gasteiger partial charge in [-0.15, -0.1) is 0 Å². The zero-order chi connectivity index (χ0) is 22.8. The largest absolute Gasteiger partial charge is 0.338 e. The highest BCUT2D eigenvalue weighted by molar-refractivity contribution is 5.94. The second-order valence-electron chi connectivity index (χ2n) is 8.40. The van der Waals surface area contributed by atoms with E-state index < -0.39 is 0 Å². The van der Waals surface area contributed by atoms with Gasteiger partial charge in [0.05, 0.1) is 18.4 Å². The number of aromatic nitrogens is 4. The Morgan fingerprint density at radius 2 is 1.76 bits per heavy atom. The van der Waals surface area contributed by atoms with Crippen LogP contribution in [0, 0.1) is 13.8 Å². The third-order valence-corrected chi connectivity index (χ3v) is 5.96. The van der Waals surface area contributed by atoms with Crippen LogP contribution in [0.2, 0.25) is 0 Å². The summed E-state index contributed by atoms with van der Waals surface area (Å²) in [7, 11) is 0. The molecule has 1 aliphatic rings. The summed E-state index contributed by atoms with van der Waals surface area (Å²) in [4.78, 5) is 21.7. The number of aryl methyl sites for hydroxylation is 2. The lowest BCUT2D eigenvalue weighted by molar-refractivity contribution is 0.0615. The lowest BCUT2D eigenvalue weighted by Gasteiger charge is -2.34.